The van der Waals surface area contributed by atoms with Crippen LogP contribution in [0.2, 0.25) is 0 Å². The van der Waals surface area contributed by atoms with Crippen molar-refractivity contribution < 1.29 is 5.11 Å². The second-order valence-corrected chi connectivity index (χ2v) is 3.11. The highest BCUT2D eigenvalue weighted by Gasteiger charge is 2.24. The van der Waals surface area contributed by atoms with E-state index in [2.05, 4.69) is 5.10 Å². The summed E-state index contributed by atoms with van der Waals surface area (Å²) < 4.78 is 1.97. The molecule has 0 unspecified atom stereocenters. The number of rotatable bonds is 2. The van der Waals surface area contributed by atoms with Crippen molar-refractivity contribution in [1.82, 2.24) is 9.78 Å². The van der Waals surface area contributed by atoms with Gasteiger partial charge in [-0.25, -0.2) is 0 Å². The zero-order valence-electron chi connectivity index (χ0n) is 6.62. The minimum atomic E-state index is 0.110. The molecule has 60 valence electrons. The van der Waals surface area contributed by atoms with Gasteiger partial charge in [0.15, 0.2) is 0 Å². The van der Waals surface area contributed by atoms with E-state index in [1.54, 1.807) is 0 Å². The number of hydrogen-bond donors (Lipinski definition) is 1. The molecule has 0 atom stereocenters. The van der Waals surface area contributed by atoms with Crippen LogP contribution in [0.4, 0.5) is 0 Å². The lowest BCUT2D eigenvalue weighted by Gasteiger charge is -1.92. The monoisotopic (exact) mass is 152 g/mol. The lowest BCUT2D eigenvalue weighted by molar-refractivity contribution is 0.281. The summed E-state index contributed by atoms with van der Waals surface area (Å²) in [4.78, 5) is 0. The Kier molecular flexibility index (Phi) is 1.46. The Balaban J connectivity index is 2.28. The molecule has 11 heavy (non-hydrogen) atoms. The van der Waals surface area contributed by atoms with Crippen molar-refractivity contribution in [2.45, 2.75) is 32.4 Å². The summed E-state index contributed by atoms with van der Waals surface area (Å²) in [7, 11) is 0. The third-order valence-electron chi connectivity index (χ3n) is 2.11. The highest BCUT2D eigenvalue weighted by atomic mass is 16.3. The SMILES string of the molecule is Cc1nn(C2CC2)cc1CO. The van der Waals surface area contributed by atoms with Gasteiger partial charge in [-0.3, -0.25) is 4.68 Å². The van der Waals surface area contributed by atoms with E-state index in [1.807, 2.05) is 17.8 Å². The predicted molar refractivity (Wildman–Crippen MR) is 41.2 cm³/mol. The maximum atomic E-state index is 8.88. The Hall–Kier alpha value is -0.830. The maximum absolute atomic E-state index is 8.88. The van der Waals surface area contributed by atoms with Gasteiger partial charge in [-0.05, 0) is 19.8 Å². The molecule has 0 aliphatic heterocycles. The van der Waals surface area contributed by atoms with Crippen LogP contribution in [0.3, 0.4) is 0 Å². The summed E-state index contributed by atoms with van der Waals surface area (Å²) in [6.45, 7) is 2.04. The number of aromatic nitrogens is 2. The minimum absolute atomic E-state index is 0.110. The van der Waals surface area contributed by atoms with Crippen molar-refractivity contribution in [1.29, 1.82) is 0 Å². The van der Waals surface area contributed by atoms with Gasteiger partial charge in [0.1, 0.15) is 0 Å². The van der Waals surface area contributed by atoms with E-state index in [4.69, 9.17) is 5.11 Å². The first-order chi connectivity index (χ1) is 5.31. The predicted octanol–water partition coefficient (Wildman–Crippen LogP) is 1.02. The van der Waals surface area contributed by atoms with E-state index in [0.717, 1.165) is 11.3 Å². The van der Waals surface area contributed by atoms with Crippen molar-refractivity contribution in [3.8, 4) is 0 Å². The summed E-state index contributed by atoms with van der Waals surface area (Å²) in [5.74, 6) is 0. The second kappa shape index (κ2) is 2.34. The molecule has 0 amide bonds. The van der Waals surface area contributed by atoms with E-state index in [9.17, 15) is 0 Å². The molecule has 1 aromatic rings. The van der Waals surface area contributed by atoms with Gasteiger partial charge in [-0.15, -0.1) is 0 Å². The van der Waals surface area contributed by atoms with Gasteiger partial charge in [-0.2, -0.15) is 5.10 Å². The molecule has 0 saturated heterocycles. The van der Waals surface area contributed by atoms with Gasteiger partial charge >= 0.3 is 0 Å². The largest absolute Gasteiger partial charge is 0.392 e. The summed E-state index contributed by atoms with van der Waals surface area (Å²) in [6.07, 6.45) is 4.44. The molecule has 1 saturated carbocycles. The Morgan fingerprint density at radius 2 is 2.45 bits per heavy atom. The van der Waals surface area contributed by atoms with Crippen molar-refractivity contribution >= 4 is 0 Å². The van der Waals surface area contributed by atoms with Gasteiger partial charge in [-0.1, -0.05) is 0 Å². The first-order valence-electron chi connectivity index (χ1n) is 3.96. The van der Waals surface area contributed by atoms with E-state index in [-0.39, 0.29) is 6.61 Å². The molecule has 1 fully saturated rings. The molecule has 1 N–H and O–H groups in total. The fourth-order valence-corrected chi connectivity index (χ4v) is 1.20. The molecule has 3 heteroatoms. The third-order valence-corrected chi connectivity index (χ3v) is 2.11. The number of aryl methyl sites for hydroxylation is 1. The molecular weight excluding hydrogens is 140 g/mol. The van der Waals surface area contributed by atoms with Crippen LogP contribution < -0.4 is 0 Å². The van der Waals surface area contributed by atoms with Crippen LogP contribution in [0, 0.1) is 6.92 Å². The fourth-order valence-electron chi connectivity index (χ4n) is 1.20. The van der Waals surface area contributed by atoms with Crippen molar-refractivity contribution in [2.24, 2.45) is 0 Å². The Morgan fingerprint density at radius 1 is 1.73 bits per heavy atom. The Morgan fingerprint density at radius 3 is 2.91 bits per heavy atom. The number of hydrogen-bond acceptors (Lipinski definition) is 2. The van der Waals surface area contributed by atoms with Gasteiger partial charge < -0.3 is 5.11 Å². The van der Waals surface area contributed by atoms with E-state index in [1.165, 1.54) is 12.8 Å². The van der Waals surface area contributed by atoms with Gasteiger partial charge in [0.25, 0.3) is 0 Å². The lowest BCUT2D eigenvalue weighted by atomic mass is 10.3. The zero-order chi connectivity index (χ0) is 7.84. The standard InChI is InChI=1S/C8H12N2O/c1-6-7(5-11)4-10(9-6)8-2-3-8/h4,8,11H,2-3,5H2,1H3. The van der Waals surface area contributed by atoms with Crippen LogP contribution in [0.1, 0.15) is 30.1 Å². The smallest absolute Gasteiger partial charge is 0.0715 e. The maximum Gasteiger partial charge on any atom is 0.0715 e. The second-order valence-electron chi connectivity index (χ2n) is 3.11. The summed E-state index contributed by atoms with van der Waals surface area (Å²) in [6, 6.07) is 0.619. The molecule has 1 heterocycles. The topological polar surface area (TPSA) is 38.0 Å². The first kappa shape index (κ1) is 6.85. The molecule has 0 radical (unpaired) electrons. The van der Waals surface area contributed by atoms with Gasteiger partial charge in [0.2, 0.25) is 0 Å². The molecule has 0 spiro atoms. The quantitative estimate of drug-likeness (QED) is 0.687. The van der Waals surface area contributed by atoms with E-state index >= 15 is 0 Å². The number of aliphatic hydroxyl groups is 1. The van der Waals surface area contributed by atoms with Gasteiger partial charge in [0, 0.05) is 11.8 Å². The first-order valence-corrected chi connectivity index (χ1v) is 3.96. The highest BCUT2D eigenvalue weighted by Crippen LogP contribution is 2.34. The van der Waals surface area contributed by atoms with Crippen molar-refractivity contribution in [3.63, 3.8) is 0 Å². The molecular formula is C8H12N2O. The minimum Gasteiger partial charge on any atom is -0.392 e. The van der Waals surface area contributed by atoms with Crippen LogP contribution in [0.15, 0.2) is 6.20 Å². The number of nitrogens with zero attached hydrogens (tertiary/aromatic N) is 2. The Labute approximate surface area is 65.7 Å². The molecule has 1 aliphatic carbocycles. The molecule has 1 aliphatic rings. The van der Waals surface area contributed by atoms with Crippen LogP contribution >= 0.6 is 0 Å². The van der Waals surface area contributed by atoms with Crippen LogP contribution in [0.25, 0.3) is 0 Å². The lowest BCUT2D eigenvalue weighted by Crippen LogP contribution is -1.93. The van der Waals surface area contributed by atoms with Crippen molar-refractivity contribution in [2.75, 3.05) is 0 Å². The molecule has 0 aromatic carbocycles. The summed E-state index contributed by atoms with van der Waals surface area (Å²) >= 11 is 0. The van der Waals surface area contributed by atoms with Crippen molar-refractivity contribution in [3.05, 3.63) is 17.5 Å². The summed E-state index contributed by atoms with van der Waals surface area (Å²) in [5, 5.41) is 13.2. The molecule has 3 nitrogen and oxygen atoms in total. The average molecular weight is 152 g/mol. The third kappa shape index (κ3) is 1.16. The zero-order valence-corrected chi connectivity index (χ0v) is 6.62. The molecule has 2 rings (SSSR count). The van der Waals surface area contributed by atoms with E-state index < -0.39 is 0 Å². The molecule has 0 bridgehead atoms. The Bertz CT molecular complexity index is 263. The number of aliphatic hydroxyl groups excluding tert-OH is 1. The van der Waals surface area contributed by atoms with Crippen LogP contribution in [-0.4, -0.2) is 14.9 Å². The summed E-state index contributed by atoms with van der Waals surface area (Å²) in [5.41, 5.74) is 1.91. The average Bonchev–Trinajstić information content (AvgIpc) is 2.76. The normalized spacial score (nSPS) is 17.3. The highest BCUT2D eigenvalue weighted by molar-refractivity contribution is 5.14. The van der Waals surface area contributed by atoms with Crippen LogP contribution in [0.5, 0.6) is 0 Å². The van der Waals surface area contributed by atoms with Gasteiger partial charge in [0.05, 0.1) is 18.3 Å². The molecule has 1 aromatic heterocycles. The van der Waals surface area contributed by atoms with Crippen LogP contribution in [-0.2, 0) is 6.61 Å². The fraction of sp³-hybridized carbons (Fsp3) is 0.625. The van der Waals surface area contributed by atoms with E-state index in [0.29, 0.717) is 6.04 Å².